The Balaban J connectivity index is 1.72. The minimum atomic E-state index is -3.74. The number of nitrogens with zero attached hydrogens (tertiary/aromatic N) is 1. The molecule has 0 saturated heterocycles. The summed E-state index contributed by atoms with van der Waals surface area (Å²) in [4.78, 5) is 27.3. The van der Waals surface area contributed by atoms with Gasteiger partial charge in [-0.1, -0.05) is 12.1 Å². The van der Waals surface area contributed by atoms with Gasteiger partial charge in [-0.25, -0.2) is 12.8 Å². The van der Waals surface area contributed by atoms with Crippen LogP contribution in [0.1, 0.15) is 43.1 Å². The van der Waals surface area contributed by atoms with Crippen LogP contribution in [0.3, 0.4) is 0 Å². The van der Waals surface area contributed by atoms with E-state index < -0.39 is 45.3 Å². The summed E-state index contributed by atoms with van der Waals surface area (Å²) >= 11 is 0. The van der Waals surface area contributed by atoms with Crippen molar-refractivity contribution in [3.8, 4) is 5.75 Å². The van der Waals surface area contributed by atoms with E-state index in [1.54, 1.807) is 13.8 Å². The molecule has 2 aromatic rings. The van der Waals surface area contributed by atoms with Crippen molar-refractivity contribution >= 4 is 33.2 Å². The van der Waals surface area contributed by atoms with Crippen molar-refractivity contribution in [3.63, 3.8) is 0 Å². The first-order valence-corrected chi connectivity index (χ1v) is 12.0. The van der Waals surface area contributed by atoms with Crippen molar-refractivity contribution in [3.05, 3.63) is 64.8 Å². The summed E-state index contributed by atoms with van der Waals surface area (Å²) in [5.74, 6) is -2.37. The highest BCUT2D eigenvalue weighted by Crippen LogP contribution is 2.47. The van der Waals surface area contributed by atoms with E-state index in [2.05, 4.69) is 14.8 Å². The predicted molar refractivity (Wildman–Crippen MR) is 121 cm³/mol. The van der Waals surface area contributed by atoms with E-state index in [-0.39, 0.29) is 34.7 Å². The lowest BCUT2D eigenvalue weighted by atomic mass is 9.85. The van der Waals surface area contributed by atoms with Crippen LogP contribution in [0.2, 0.25) is 0 Å². The summed E-state index contributed by atoms with van der Waals surface area (Å²) in [5, 5.41) is 3.55. The first kappa shape index (κ1) is 24.7. The Hall–Kier alpha value is -3.38. The van der Waals surface area contributed by atoms with Gasteiger partial charge in [-0.15, -0.1) is 0 Å². The molecule has 186 valence electrons. The van der Waals surface area contributed by atoms with Gasteiger partial charge in [0.25, 0.3) is 5.91 Å². The number of sulfonamides is 1. The average Bonchev–Trinajstić information content (AvgIpc) is 2.93. The fraction of sp³-hybridized carbons (Fsp3) is 0.304. The Morgan fingerprint density at radius 2 is 1.91 bits per heavy atom. The van der Waals surface area contributed by atoms with Crippen LogP contribution in [0.4, 0.5) is 24.5 Å². The quantitative estimate of drug-likeness (QED) is 0.640. The zero-order valence-electron chi connectivity index (χ0n) is 18.9. The molecular weight excluding hydrogens is 487 g/mol. The lowest BCUT2D eigenvalue weighted by Crippen LogP contribution is -2.59. The molecule has 0 bridgehead atoms. The molecule has 1 atom stereocenters. The van der Waals surface area contributed by atoms with Gasteiger partial charge in [-0.05, 0) is 50.6 Å². The number of anilines is 2. The third kappa shape index (κ3) is 4.63. The number of fused-ring (bicyclic) bond motifs is 1. The van der Waals surface area contributed by atoms with E-state index >= 15 is 4.39 Å². The first-order valence-electron chi connectivity index (χ1n) is 10.5. The van der Waals surface area contributed by atoms with Crippen LogP contribution in [0, 0.1) is 5.82 Å². The van der Waals surface area contributed by atoms with Gasteiger partial charge in [0.05, 0.1) is 16.8 Å². The molecule has 2 amide bonds. The van der Waals surface area contributed by atoms with Gasteiger partial charge in [-0.2, -0.15) is 13.5 Å². The van der Waals surface area contributed by atoms with Gasteiger partial charge in [-0.3, -0.25) is 14.5 Å². The summed E-state index contributed by atoms with van der Waals surface area (Å²) in [6.45, 7) is 1.50. The van der Waals surface area contributed by atoms with Crippen molar-refractivity contribution in [2.75, 3.05) is 4.90 Å². The highest BCUT2D eigenvalue weighted by atomic mass is 32.2. The van der Waals surface area contributed by atoms with Crippen molar-refractivity contribution < 1.29 is 35.9 Å². The number of carbonyl (C=O) groups is 2. The van der Waals surface area contributed by atoms with Gasteiger partial charge in [0.2, 0.25) is 15.9 Å². The van der Waals surface area contributed by atoms with Gasteiger partial charge in [0.15, 0.2) is 0 Å². The van der Waals surface area contributed by atoms with Crippen LogP contribution in [0.5, 0.6) is 5.75 Å². The molecule has 2 aromatic carbocycles. The SMILES string of the molecule is CC1(C)C(=O)N(c2cccc(OC(F)F)c2)c2c(F)cc(C(=O)N[C@@]3(C)CC=CS(=O)(=O)N3)cc21. The van der Waals surface area contributed by atoms with E-state index in [0.29, 0.717) is 0 Å². The van der Waals surface area contributed by atoms with E-state index in [4.69, 9.17) is 0 Å². The molecule has 12 heteroatoms. The molecule has 2 heterocycles. The molecule has 0 unspecified atom stereocenters. The lowest BCUT2D eigenvalue weighted by molar-refractivity contribution is -0.121. The van der Waals surface area contributed by atoms with E-state index in [1.165, 1.54) is 43.3 Å². The van der Waals surface area contributed by atoms with Crippen LogP contribution in [0.15, 0.2) is 47.9 Å². The number of ether oxygens (including phenoxy) is 1. The van der Waals surface area contributed by atoms with Crippen molar-refractivity contribution in [1.82, 2.24) is 10.0 Å². The summed E-state index contributed by atoms with van der Waals surface area (Å²) in [5.41, 5.74) is -2.49. The van der Waals surface area contributed by atoms with Crippen molar-refractivity contribution in [2.45, 2.75) is 44.9 Å². The summed E-state index contributed by atoms with van der Waals surface area (Å²) in [7, 11) is -3.74. The molecule has 2 N–H and O–H groups in total. The van der Waals surface area contributed by atoms with Crippen LogP contribution in [-0.4, -0.2) is 32.5 Å². The molecule has 2 aliphatic heterocycles. The fourth-order valence-corrected chi connectivity index (χ4v) is 5.35. The fourth-order valence-electron chi connectivity index (χ4n) is 4.17. The Morgan fingerprint density at radius 1 is 1.20 bits per heavy atom. The molecule has 0 spiro atoms. The van der Waals surface area contributed by atoms with Crippen LogP contribution in [0.25, 0.3) is 0 Å². The highest BCUT2D eigenvalue weighted by Gasteiger charge is 2.47. The summed E-state index contributed by atoms with van der Waals surface area (Å²) in [6.07, 6.45) is 1.56. The second kappa shape index (κ2) is 8.38. The molecule has 4 rings (SSSR count). The predicted octanol–water partition coefficient (Wildman–Crippen LogP) is 3.67. The second-order valence-electron chi connectivity index (χ2n) is 9.00. The number of benzene rings is 2. The average molecular weight is 510 g/mol. The zero-order chi connectivity index (χ0) is 25.8. The number of hydrogen-bond donors (Lipinski definition) is 2. The number of amides is 2. The minimum absolute atomic E-state index is 0.113. The molecule has 0 aliphatic carbocycles. The number of alkyl halides is 2. The highest BCUT2D eigenvalue weighted by molar-refractivity contribution is 7.92. The van der Waals surface area contributed by atoms with E-state index in [9.17, 15) is 26.8 Å². The third-order valence-corrected chi connectivity index (χ3v) is 7.11. The standard InChI is InChI=1S/C23H22F3N3O5S/c1-22(2)16-10-13(19(30)27-23(3)8-5-9-35(32,33)28-23)11-17(24)18(16)29(20(22)31)14-6-4-7-15(12-14)34-21(25)26/h4-7,9-12,21,28H,8H2,1-3H3,(H,27,30)/t23-/m1/s1. The monoisotopic (exact) mass is 509 g/mol. The van der Waals surface area contributed by atoms with Gasteiger partial charge in [0, 0.05) is 23.5 Å². The van der Waals surface area contributed by atoms with Crippen molar-refractivity contribution in [1.29, 1.82) is 0 Å². The third-order valence-electron chi connectivity index (χ3n) is 5.82. The van der Waals surface area contributed by atoms with Gasteiger partial charge >= 0.3 is 6.61 Å². The Kier molecular flexibility index (Phi) is 5.92. The minimum Gasteiger partial charge on any atom is -0.435 e. The van der Waals surface area contributed by atoms with Gasteiger partial charge < -0.3 is 10.1 Å². The molecule has 2 aliphatic rings. The maximum atomic E-state index is 15.4. The Labute approximate surface area is 199 Å². The van der Waals surface area contributed by atoms with E-state index in [0.717, 1.165) is 16.4 Å². The number of carbonyl (C=O) groups excluding carboxylic acids is 2. The number of hydrogen-bond acceptors (Lipinski definition) is 5. The summed E-state index contributed by atoms with van der Waals surface area (Å²) < 4.78 is 71.2. The number of nitrogens with one attached hydrogen (secondary N) is 2. The van der Waals surface area contributed by atoms with Crippen LogP contribution in [-0.2, 0) is 20.2 Å². The number of rotatable bonds is 5. The molecular formula is C23H22F3N3O5S. The van der Waals surface area contributed by atoms with Crippen molar-refractivity contribution in [2.24, 2.45) is 0 Å². The normalized spacial score (nSPS) is 22.3. The molecule has 0 radical (unpaired) electrons. The topological polar surface area (TPSA) is 105 Å². The summed E-state index contributed by atoms with van der Waals surface area (Å²) in [6, 6.07) is 7.62. The van der Waals surface area contributed by atoms with Crippen LogP contribution >= 0.6 is 0 Å². The molecule has 8 nitrogen and oxygen atoms in total. The lowest BCUT2D eigenvalue weighted by Gasteiger charge is -2.32. The zero-order valence-corrected chi connectivity index (χ0v) is 19.8. The first-order chi connectivity index (χ1) is 16.2. The maximum Gasteiger partial charge on any atom is 0.387 e. The smallest absolute Gasteiger partial charge is 0.387 e. The second-order valence-corrected chi connectivity index (χ2v) is 10.6. The molecule has 0 saturated carbocycles. The van der Waals surface area contributed by atoms with Gasteiger partial charge in [0.1, 0.15) is 17.2 Å². The Bertz CT molecular complexity index is 1360. The van der Waals surface area contributed by atoms with Crippen LogP contribution < -0.4 is 19.7 Å². The molecule has 35 heavy (non-hydrogen) atoms. The Morgan fingerprint density at radius 3 is 2.57 bits per heavy atom. The molecule has 0 aromatic heterocycles. The number of halogens is 3. The maximum absolute atomic E-state index is 15.4. The molecule has 0 fully saturated rings. The van der Waals surface area contributed by atoms with E-state index in [1.807, 2.05) is 0 Å². The largest absolute Gasteiger partial charge is 0.435 e.